The predicted molar refractivity (Wildman–Crippen MR) is 59.7 cm³/mol. The number of oxazole rings is 1. The summed E-state index contributed by atoms with van der Waals surface area (Å²) >= 11 is 3.87. The number of carbonyl (C=O) groups excluding carboxylic acids is 1. The summed E-state index contributed by atoms with van der Waals surface area (Å²) in [5.74, 6) is 0.112. The predicted octanol–water partition coefficient (Wildman–Crippen LogP) is 1.37. The number of thiol groups is 1. The molecule has 0 fully saturated rings. The van der Waals surface area contributed by atoms with E-state index in [-0.39, 0.29) is 11.7 Å². The Kier molecular flexibility index (Phi) is 2.91. The molecule has 0 saturated carbocycles. The van der Waals surface area contributed by atoms with Gasteiger partial charge in [-0.1, -0.05) is 6.07 Å². The maximum absolute atomic E-state index is 11.0. The van der Waals surface area contributed by atoms with Crippen molar-refractivity contribution in [3.05, 3.63) is 30.2 Å². The Morgan fingerprint density at radius 2 is 2.40 bits per heavy atom. The normalized spacial score (nSPS) is 10.5. The van der Waals surface area contributed by atoms with Crippen molar-refractivity contribution in [3.8, 4) is 0 Å². The van der Waals surface area contributed by atoms with Gasteiger partial charge in [-0.25, -0.2) is 4.98 Å². The fraction of sp³-hybridized carbons (Fsp3) is 0.200. The quantitative estimate of drug-likeness (QED) is 0.771. The largest absolute Gasteiger partial charge is 0.443 e. The number of nitrogens with zero attached hydrogens (tertiary/aromatic N) is 1. The van der Waals surface area contributed by atoms with Crippen molar-refractivity contribution in [1.29, 1.82) is 0 Å². The number of amides is 1. The first-order valence-corrected chi connectivity index (χ1v) is 5.12. The Labute approximate surface area is 92.1 Å². The van der Waals surface area contributed by atoms with E-state index in [4.69, 9.17) is 4.42 Å². The monoisotopic (exact) mass is 222 g/mol. The van der Waals surface area contributed by atoms with E-state index in [1.807, 2.05) is 18.2 Å². The number of nitrogens with one attached hydrogen (secondary N) is 1. The lowest BCUT2D eigenvalue weighted by molar-refractivity contribution is -0.118. The highest BCUT2D eigenvalue weighted by molar-refractivity contribution is 7.81. The van der Waals surface area contributed by atoms with Crippen LogP contribution in [0.3, 0.4) is 0 Å². The lowest BCUT2D eigenvalue weighted by Crippen LogP contribution is -2.23. The smallest absolute Gasteiger partial charge is 0.229 e. The molecular weight excluding hydrogens is 212 g/mol. The highest BCUT2D eigenvalue weighted by Gasteiger charge is 2.01. The van der Waals surface area contributed by atoms with E-state index in [9.17, 15) is 4.79 Å². The van der Waals surface area contributed by atoms with E-state index in [2.05, 4.69) is 22.9 Å². The van der Waals surface area contributed by atoms with Crippen LogP contribution in [0.5, 0.6) is 0 Å². The van der Waals surface area contributed by atoms with Crippen LogP contribution < -0.4 is 5.32 Å². The summed E-state index contributed by atoms with van der Waals surface area (Å²) < 4.78 is 5.15. The van der Waals surface area contributed by atoms with E-state index in [1.54, 1.807) is 0 Å². The highest BCUT2D eigenvalue weighted by Crippen LogP contribution is 2.13. The van der Waals surface area contributed by atoms with E-state index >= 15 is 0 Å². The van der Waals surface area contributed by atoms with Gasteiger partial charge in [0, 0.05) is 6.54 Å². The van der Waals surface area contributed by atoms with Gasteiger partial charge >= 0.3 is 0 Å². The Bertz CT molecular complexity index is 481. The topological polar surface area (TPSA) is 55.1 Å². The van der Waals surface area contributed by atoms with Crippen LogP contribution in [0, 0.1) is 0 Å². The molecule has 78 valence electrons. The van der Waals surface area contributed by atoms with E-state index in [0.717, 1.165) is 16.7 Å². The molecule has 0 atom stereocenters. The second kappa shape index (κ2) is 4.35. The van der Waals surface area contributed by atoms with Crippen molar-refractivity contribution < 1.29 is 9.21 Å². The first-order chi connectivity index (χ1) is 7.29. The summed E-state index contributed by atoms with van der Waals surface area (Å²) in [4.78, 5) is 15.0. The molecule has 0 unspecified atom stereocenters. The lowest BCUT2D eigenvalue weighted by atomic mass is 10.2. The van der Waals surface area contributed by atoms with Gasteiger partial charge in [0.2, 0.25) is 5.91 Å². The minimum absolute atomic E-state index is 0.0870. The van der Waals surface area contributed by atoms with Crippen molar-refractivity contribution in [2.45, 2.75) is 6.54 Å². The number of benzene rings is 1. The van der Waals surface area contributed by atoms with Gasteiger partial charge in [-0.2, -0.15) is 12.6 Å². The zero-order valence-electron chi connectivity index (χ0n) is 7.93. The van der Waals surface area contributed by atoms with Crippen molar-refractivity contribution in [2.24, 2.45) is 0 Å². The number of carbonyl (C=O) groups is 1. The van der Waals surface area contributed by atoms with Crippen LogP contribution in [0.15, 0.2) is 29.0 Å². The van der Waals surface area contributed by atoms with Crippen LogP contribution in [0.1, 0.15) is 5.56 Å². The van der Waals surface area contributed by atoms with Crippen LogP contribution in [0.25, 0.3) is 11.1 Å². The zero-order valence-corrected chi connectivity index (χ0v) is 8.83. The third-order valence-corrected chi connectivity index (χ3v) is 2.32. The molecule has 0 spiro atoms. The fourth-order valence-electron chi connectivity index (χ4n) is 1.27. The average Bonchev–Trinajstić information content (AvgIpc) is 2.72. The molecule has 0 radical (unpaired) electrons. The Morgan fingerprint density at radius 1 is 1.53 bits per heavy atom. The lowest BCUT2D eigenvalue weighted by Gasteiger charge is -2.02. The van der Waals surface area contributed by atoms with Gasteiger partial charge in [0.25, 0.3) is 0 Å². The van der Waals surface area contributed by atoms with E-state index in [1.165, 1.54) is 6.39 Å². The molecule has 2 rings (SSSR count). The van der Waals surface area contributed by atoms with Crippen LogP contribution in [-0.2, 0) is 11.3 Å². The van der Waals surface area contributed by atoms with Crippen LogP contribution >= 0.6 is 12.6 Å². The van der Waals surface area contributed by atoms with Crippen molar-refractivity contribution >= 4 is 29.6 Å². The van der Waals surface area contributed by atoms with Gasteiger partial charge < -0.3 is 9.73 Å². The zero-order chi connectivity index (χ0) is 10.7. The molecule has 4 nitrogen and oxygen atoms in total. The Hall–Kier alpha value is -1.49. The number of fused-ring (bicyclic) bond motifs is 1. The highest BCUT2D eigenvalue weighted by atomic mass is 32.1. The SMILES string of the molecule is O=C(CS)NCc1ccc2ncoc2c1. The number of aromatic nitrogens is 1. The maximum atomic E-state index is 11.0. The summed E-state index contributed by atoms with van der Waals surface area (Å²) in [6, 6.07) is 5.63. The third-order valence-electron chi connectivity index (χ3n) is 2.03. The molecule has 1 amide bonds. The summed E-state index contributed by atoms with van der Waals surface area (Å²) in [6.07, 6.45) is 1.40. The number of hydrogen-bond donors (Lipinski definition) is 2. The second-order valence-electron chi connectivity index (χ2n) is 3.09. The average molecular weight is 222 g/mol. The van der Waals surface area contributed by atoms with Crippen LogP contribution in [0.4, 0.5) is 0 Å². The van der Waals surface area contributed by atoms with E-state index in [0.29, 0.717) is 6.54 Å². The molecule has 0 aliphatic carbocycles. The molecule has 1 heterocycles. The molecule has 1 aromatic carbocycles. The van der Waals surface area contributed by atoms with Gasteiger partial charge in [0.1, 0.15) is 5.52 Å². The summed E-state index contributed by atoms with van der Waals surface area (Å²) in [5, 5.41) is 2.73. The van der Waals surface area contributed by atoms with Gasteiger partial charge in [0.05, 0.1) is 5.75 Å². The number of rotatable bonds is 3. The summed E-state index contributed by atoms with van der Waals surface area (Å²) in [5.41, 5.74) is 2.53. The number of hydrogen-bond acceptors (Lipinski definition) is 4. The maximum Gasteiger partial charge on any atom is 0.229 e. The minimum Gasteiger partial charge on any atom is -0.443 e. The first-order valence-electron chi connectivity index (χ1n) is 4.49. The molecule has 0 bridgehead atoms. The van der Waals surface area contributed by atoms with Crippen LogP contribution in [-0.4, -0.2) is 16.6 Å². The van der Waals surface area contributed by atoms with Crippen molar-refractivity contribution in [3.63, 3.8) is 0 Å². The molecule has 2 aromatic rings. The third kappa shape index (κ3) is 2.30. The van der Waals surface area contributed by atoms with Gasteiger partial charge in [-0.05, 0) is 17.7 Å². The molecule has 5 heteroatoms. The second-order valence-corrected chi connectivity index (χ2v) is 3.41. The fourth-order valence-corrected chi connectivity index (χ4v) is 1.38. The van der Waals surface area contributed by atoms with Crippen molar-refractivity contribution in [2.75, 3.05) is 5.75 Å². The molecule has 15 heavy (non-hydrogen) atoms. The molecule has 1 aromatic heterocycles. The van der Waals surface area contributed by atoms with Gasteiger partial charge in [-0.3, -0.25) is 4.79 Å². The molecular formula is C10H10N2O2S. The Morgan fingerprint density at radius 3 is 3.20 bits per heavy atom. The minimum atomic E-state index is -0.0870. The van der Waals surface area contributed by atoms with Gasteiger partial charge in [0.15, 0.2) is 12.0 Å². The van der Waals surface area contributed by atoms with Crippen molar-refractivity contribution in [1.82, 2.24) is 10.3 Å². The summed E-state index contributed by atoms with van der Waals surface area (Å²) in [7, 11) is 0. The standard InChI is InChI=1S/C10H10N2O2S/c13-10(5-15)11-4-7-1-2-8-9(3-7)14-6-12-8/h1-3,6,15H,4-5H2,(H,11,13). The Balaban J connectivity index is 2.11. The van der Waals surface area contributed by atoms with Crippen LogP contribution in [0.2, 0.25) is 0 Å². The molecule has 1 N–H and O–H groups in total. The summed E-state index contributed by atoms with van der Waals surface area (Å²) in [6.45, 7) is 0.482. The first kappa shape index (κ1) is 10.0. The molecule has 0 aliphatic heterocycles. The molecule has 0 aliphatic rings. The van der Waals surface area contributed by atoms with Gasteiger partial charge in [-0.15, -0.1) is 0 Å². The van der Waals surface area contributed by atoms with E-state index < -0.39 is 0 Å². The molecule has 0 saturated heterocycles.